The van der Waals surface area contributed by atoms with Crippen molar-refractivity contribution in [3.05, 3.63) is 42.0 Å². The van der Waals surface area contributed by atoms with Gasteiger partial charge in [0, 0.05) is 38.0 Å². The molecule has 1 amide bonds. The van der Waals surface area contributed by atoms with Crippen molar-refractivity contribution in [2.75, 3.05) is 50.5 Å². The second kappa shape index (κ2) is 7.69. The van der Waals surface area contributed by atoms with E-state index in [1.807, 2.05) is 4.90 Å². The molecule has 0 aliphatic carbocycles. The van der Waals surface area contributed by atoms with Crippen LogP contribution in [0.3, 0.4) is 0 Å². The van der Waals surface area contributed by atoms with Gasteiger partial charge < -0.3 is 19.3 Å². The Morgan fingerprint density at radius 2 is 1.74 bits per heavy atom. The second-order valence-corrected chi connectivity index (χ2v) is 10.6. The summed E-state index contributed by atoms with van der Waals surface area (Å²) >= 11 is 1.47. The number of aromatic nitrogens is 1. The summed E-state index contributed by atoms with van der Waals surface area (Å²) in [4.78, 5) is 21.9. The van der Waals surface area contributed by atoms with Crippen molar-refractivity contribution >= 4 is 42.4 Å². The largest absolute Gasteiger partial charge is 0.486 e. The second-order valence-electron chi connectivity index (χ2n) is 7.54. The lowest BCUT2D eigenvalue weighted by atomic mass is 10.1. The number of thiazole rings is 1. The summed E-state index contributed by atoms with van der Waals surface area (Å²) in [6, 6.07) is 10.3. The van der Waals surface area contributed by atoms with Crippen LogP contribution in [0.15, 0.2) is 41.3 Å². The first kappa shape index (κ1) is 20.1. The predicted molar refractivity (Wildman–Crippen MR) is 118 cm³/mol. The van der Waals surface area contributed by atoms with Crippen LogP contribution in [-0.4, -0.2) is 69.9 Å². The number of amides is 1. The molecule has 1 aromatic heterocycles. The van der Waals surface area contributed by atoms with Crippen LogP contribution < -0.4 is 14.4 Å². The standard InChI is InChI=1S/C21H21N3O5S2/c1-31(26,27)15-3-4-16-19(13-15)30-21(22-16)24-8-6-23(7-9-24)20(25)14-2-5-17-18(12-14)29-11-10-28-17/h2-5,12-13H,6-11H2,1H3. The highest BCUT2D eigenvalue weighted by Gasteiger charge is 2.25. The first-order chi connectivity index (χ1) is 14.9. The van der Waals surface area contributed by atoms with Crippen molar-refractivity contribution in [1.29, 1.82) is 0 Å². The quantitative estimate of drug-likeness (QED) is 0.594. The van der Waals surface area contributed by atoms with Gasteiger partial charge in [0.25, 0.3) is 5.91 Å². The van der Waals surface area contributed by atoms with Crippen LogP contribution in [0, 0.1) is 0 Å². The van der Waals surface area contributed by atoms with E-state index >= 15 is 0 Å². The van der Waals surface area contributed by atoms with E-state index in [2.05, 4.69) is 9.88 Å². The van der Waals surface area contributed by atoms with Gasteiger partial charge in [-0.15, -0.1) is 0 Å². The first-order valence-corrected chi connectivity index (χ1v) is 12.6. The monoisotopic (exact) mass is 459 g/mol. The van der Waals surface area contributed by atoms with Crippen LogP contribution in [0.5, 0.6) is 11.5 Å². The maximum absolute atomic E-state index is 12.9. The minimum absolute atomic E-state index is 0.0290. The molecule has 0 radical (unpaired) electrons. The zero-order chi connectivity index (χ0) is 21.6. The molecule has 162 valence electrons. The van der Waals surface area contributed by atoms with E-state index in [0.29, 0.717) is 61.4 Å². The Hall–Kier alpha value is -2.85. The third-order valence-electron chi connectivity index (χ3n) is 5.40. The highest BCUT2D eigenvalue weighted by atomic mass is 32.2. The van der Waals surface area contributed by atoms with Crippen LogP contribution in [0.1, 0.15) is 10.4 Å². The number of ether oxygens (including phenoxy) is 2. The van der Waals surface area contributed by atoms with E-state index in [9.17, 15) is 13.2 Å². The number of nitrogens with zero attached hydrogens (tertiary/aromatic N) is 3. The molecule has 0 bridgehead atoms. The number of sulfone groups is 1. The zero-order valence-corrected chi connectivity index (χ0v) is 18.5. The number of carbonyl (C=O) groups excluding carboxylic acids is 1. The summed E-state index contributed by atoms with van der Waals surface area (Å²) in [5.41, 5.74) is 1.37. The minimum atomic E-state index is -3.25. The van der Waals surface area contributed by atoms with E-state index in [1.54, 1.807) is 36.4 Å². The first-order valence-electron chi connectivity index (χ1n) is 9.93. The van der Waals surface area contributed by atoms with Crippen molar-refractivity contribution < 1.29 is 22.7 Å². The molecule has 10 heteroatoms. The molecule has 0 atom stereocenters. The zero-order valence-electron chi connectivity index (χ0n) is 16.9. The van der Waals surface area contributed by atoms with Crippen molar-refractivity contribution in [1.82, 2.24) is 9.88 Å². The fourth-order valence-electron chi connectivity index (χ4n) is 3.72. The molecular formula is C21H21N3O5S2. The van der Waals surface area contributed by atoms with Gasteiger partial charge in [0.05, 0.1) is 15.1 Å². The van der Waals surface area contributed by atoms with E-state index in [-0.39, 0.29) is 5.91 Å². The van der Waals surface area contributed by atoms with Gasteiger partial charge in [-0.1, -0.05) is 11.3 Å². The number of benzene rings is 2. The Balaban J connectivity index is 1.28. The maximum Gasteiger partial charge on any atom is 0.254 e. The third-order valence-corrected chi connectivity index (χ3v) is 7.59. The topological polar surface area (TPSA) is 89.0 Å². The molecule has 2 aliphatic heterocycles. The predicted octanol–water partition coefficient (Wildman–Crippen LogP) is 2.43. The lowest BCUT2D eigenvalue weighted by Crippen LogP contribution is -2.48. The fourth-order valence-corrected chi connectivity index (χ4v) is 5.50. The van der Waals surface area contributed by atoms with Gasteiger partial charge in [-0.05, 0) is 36.4 Å². The van der Waals surface area contributed by atoms with Crippen LogP contribution in [-0.2, 0) is 9.84 Å². The van der Waals surface area contributed by atoms with E-state index in [4.69, 9.17) is 9.47 Å². The Morgan fingerprint density at radius 3 is 2.48 bits per heavy atom. The molecule has 1 saturated heterocycles. The molecule has 0 unspecified atom stereocenters. The van der Waals surface area contributed by atoms with Crippen molar-refractivity contribution in [2.45, 2.75) is 4.90 Å². The van der Waals surface area contributed by atoms with Gasteiger partial charge in [0.2, 0.25) is 0 Å². The number of anilines is 1. The van der Waals surface area contributed by atoms with E-state index in [0.717, 1.165) is 15.3 Å². The van der Waals surface area contributed by atoms with E-state index < -0.39 is 9.84 Å². The average molecular weight is 460 g/mol. The van der Waals surface area contributed by atoms with Crippen LogP contribution in [0.2, 0.25) is 0 Å². The van der Waals surface area contributed by atoms with Crippen molar-refractivity contribution in [2.24, 2.45) is 0 Å². The average Bonchev–Trinajstić information content (AvgIpc) is 3.21. The fraction of sp³-hybridized carbons (Fsp3) is 0.333. The molecule has 0 saturated carbocycles. The Bertz CT molecular complexity index is 1260. The van der Waals surface area contributed by atoms with Crippen molar-refractivity contribution in [3.8, 4) is 11.5 Å². The summed E-state index contributed by atoms with van der Waals surface area (Å²) in [6.45, 7) is 3.49. The Kier molecular flexibility index (Phi) is 4.98. The van der Waals surface area contributed by atoms with Gasteiger partial charge in [-0.2, -0.15) is 0 Å². The Morgan fingerprint density at radius 1 is 1.00 bits per heavy atom. The minimum Gasteiger partial charge on any atom is -0.486 e. The number of fused-ring (bicyclic) bond motifs is 2. The van der Waals surface area contributed by atoms with E-state index in [1.165, 1.54) is 17.6 Å². The molecular weight excluding hydrogens is 438 g/mol. The molecule has 0 spiro atoms. The molecule has 3 aromatic rings. The molecule has 31 heavy (non-hydrogen) atoms. The van der Waals surface area contributed by atoms with Crippen LogP contribution in [0.25, 0.3) is 10.2 Å². The molecule has 3 heterocycles. The normalized spacial score (nSPS) is 16.5. The summed E-state index contributed by atoms with van der Waals surface area (Å²) in [5, 5.41) is 0.840. The lowest BCUT2D eigenvalue weighted by Gasteiger charge is -2.34. The van der Waals surface area contributed by atoms with Gasteiger partial charge in [-0.25, -0.2) is 13.4 Å². The maximum atomic E-state index is 12.9. The van der Waals surface area contributed by atoms with Crippen LogP contribution >= 0.6 is 11.3 Å². The molecule has 5 rings (SSSR count). The number of hydrogen-bond donors (Lipinski definition) is 0. The Labute approximate surface area is 183 Å². The number of hydrogen-bond acceptors (Lipinski definition) is 8. The van der Waals surface area contributed by atoms with Gasteiger partial charge in [-0.3, -0.25) is 4.79 Å². The number of piperazine rings is 1. The lowest BCUT2D eigenvalue weighted by molar-refractivity contribution is 0.0745. The molecule has 8 nitrogen and oxygen atoms in total. The van der Waals surface area contributed by atoms with Gasteiger partial charge in [0.15, 0.2) is 26.5 Å². The molecule has 1 fully saturated rings. The van der Waals surface area contributed by atoms with Gasteiger partial charge in [0.1, 0.15) is 13.2 Å². The molecule has 0 N–H and O–H groups in total. The van der Waals surface area contributed by atoms with Crippen LogP contribution in [0.4, 0.5) is 5.13 Å². The number of rotatable bonds is 3. The third kappa shape index (κ3) is 3.92. The smallest absolute Gasteiger partial charge is 0.254 e. The summed E-state index contributed by atoms with van der Waals surface area (Å²) < 4.78 is 35.6. The summed E-state index contributed by atoms with van der Waals surface area (Å²) in [6.07, 6.45) is 1.20. The van der Waals surface area contributed by atoms with Gasteiger partial charge >= 0.3 is 0 Å². The highest BCUT2D eigenvalue weighted by Crippen LogP contribution is 2.33. The van der Waals surface area contributed by atoms with Crippen molar-refractivity contribution in [3.63, 3.8) is 0 Å². The SMILES string of the molecule is CS(=O)(=O)c1ccc2nc(N3CCN(C(=O)c4ccc5c(c4)OCCO5)CC3)sc2c1. The molecule has 2 aromatic carbocycles. The summed E-state index contributed by atoms with van der Waals surface area (Å²) in [7, 11) is -3.25. The molecule has 2 aliphatic rings. The summed E-state index contributed by atoms with van der Waals surface area (Å²) in [5.74, 6) is 1.25. The highest BCUT2D eigenvalue weighted by molar-refractivity contribution is 7.90. The number of carbonyl (C=O) groups is 1.